The number of carbonyl (C=O) groups excluding carboxylic acids is 1. The molecule has 0 saturated heterocycles. The highest BCUT2D eigenvalue weighted by Crippen LogP contribution is 2.31. The van der Waals surface area contributed by atoms with Crippen LogP contribution in [0.15, 0.2) is 82.3 Å². The maximum atomic E-state index is 13.8. The second-order valence-corrected chi connectivity index (χ2v) is 10.2. The molecule has 6 nitrogen and oxygen atoms in total. The Kier molecular flexibility index (Phi) is 7.39. The average Bonchev–Trinajstić information content (AvgIpc) is 3.51. The summed E-state index contributed by atoms with van der Waals surface area (Å²) in [7, 11) is 0. The van der Waals surface area contributed by atoms with Crippen molar-refractivity contribution in [1.29, 1.82) is 0 Å². The molecular formula is C29H29BrN2O4. The van der Waals surface area contributed by atoms with Gasteiger partial charge in [0.15, 0.2) is 5.54 Å². The highest BCUT2D eigenvalue weighted by atomic mass is 79.9. The summed E-state index contributed by atoms with van der Waals surface area (Å²) in [6.07, 6.45) is 2.65. The van der Waals surface area contributed by atoms with Gasteiger partial charge in [0.25, 0.3) is 5.91 Å². The standard InChI is InChI=1S/C29H29BrN2O4/c30-26-9-4-3-8-23(26)18-29(28(34)31-24-16-21-6-1-2-7-22(21)17-24)19-36-27(32-29)20-10-12-25(13-11-20)35-15-5-14-33/h1-4,6-13,24,33H,5,14-19H2,(H,31,34)/t29-/m1/s1. The molecule has 1 aliphatic heterocycles. The van der Waals surface area contributed by atoms with E-state index in [0.717, 1.165) is 28.4 Å². The van der Waals surface area contributed by atoms with E-state index in [0.29, 0.717) is 31.1 Å². The van der Waals surface area contributed by atoms with Gasteiger partial charge in [0, 0.05) is 35.5 Å². The largest absolute Gasteiger partial charge is 0.494 e. The van der Waals surface area contributed by atoms with Crippen LogP contribution in [0.5, 0.6) is 5.75 Å². The molecule has 2 N–H and O–H groups in total. The van der Waals surface area contributed by atoms with Crippen LogP contribution in [-0.2, 0) is 28.8 Å². The Bertz CT molecular complexity index is 1240. The normalized spacial score (nSPS) is 18.9. The lowest BCUT2D eigenvalue weighted by atomic mass is 9.91. The Balaban J connectivity index is 1.38. The number of rotatable bonds is 9. The van der Waals surface area contributed by atoms with Gasteiger partial charge in [-0.15, -0.1) is 0 Å². The first kappa shape index (κ1) is 24.5. The smallest absolute Gasteiger partial charge is 0.252 e. The van der Waals surface area contributed by atoms with E-state index in [9.17, 15) is 4.79 Å². The Morgan fingerprint density at radius 1 is 1.06 bits per heavy atom. The molecule has 3 aromatic carbocycles. The Labute approximate surface area is 219 Å². The molecule has 5 rings (SSSR count). The van der Waals surface area contributed by atoms with Gasteiger partial charge >= 0.3 is 0 Å². The van der Waals surface area contributed by atoms with Crippen LogP contribution in [0.25, 0.3) is 0 Å². The summed E-state index contributed by atoms with van der Waals surface area (Å²) >= 11 is 3.63. The number of aliphatic hydroxyl groups excluding tert-OH is 1. The monoisotopic (exact) mass is 548 g/mol. The maximum absolute atomic E-state index is 13.8. The molecule has 3 aromatic rings. The lowest BCUT2D eigenvalue weighted by molar-refractivity contribution is -0.127. The molecule has 1 amide bonds. The van der Waals surface area contributed by atoms with E-state index in [-0.39, 0.29) is 25.2 Å². The number of halogens is 1. The van der Waals surface area contributed by atoms with Crippen molar-refractivity contribution in [1.82, 2.24) is 5.32 Å². The number of benzene rings is 3. The predicted octanol–water partition coefficient (Wildman–Crippen LogP) is 4.25. The van der Waals surface area contributed by atoms with E-state index in [1.165, 1.54) is 11.1 Å². The number of carbonyl (C=O) groups is 1. The van der Waals surface area contributed by atoms with Crippen molar-refractivity contribution in [2.24, 2.45) is 4.99 Å². The van der Waals surface area contributed by atoms with E-state index in [4.69, 9.17) is 19.6 Å². The van der Waals surface area contributed by atoms with Crippen LogP contribution >= 0.6 is 15.9 Å². The highest BCUT2D eigenvalue weighted by Gasteiger charge is 2.45. The molecule has 0 unspecified atom stereocenters. The zero-order chi connectivity index (χ0) is 25.0. The van der Waals surface area contributed by atoms with Gasteiger partial charge in [-0.05, 0) is 59.9 Å². The van der Waals surface area contributed by atoms with Crippen LogP contribution in [0.1, 0.15) is 28.7 Å². The van der Waals surface area contributed by atoms with E-state index in [1.54, 1.807) is 0 Å². The zero-order valence-corrected chi connectivity index (χ0v) is 21.5. The summed E-state index contributed by atoms with van der Waals surface area (Å²) < 4.78 is 12.6. The van der Waals surface area contributed by atoms with Crippen molar-refractivity contribution in [3.8, 4) is 5.75 Å². The van der Waals surface area contributed by atoms with Gasteiger partial charge < -0.3 is 19.9 Å². The summed E-state index contributed by atoms with van der Waals surface area (Å²) in [5, 5.41) is 12.2. The van der Waals surface area contributed by atoms with Crippen molar-refractivity contribution < 1.29 is 19.4 Å². The fourth-order valence-corrected chi connectivity index (χ4v) is 5.19. The molecule has 1 atom stereocenters. The molecule has 1 heterocycles. The number of nitrogens with one attached hydrogen (secondary N) is 1. The number of fused-ring (bicyclic) bond motifs is 1. The van der Waals surface area contributed by atoms with Gasteiger partial charge in [0.2, 0.25) is 5.90 Å². The Morgan fingerprint density at radius 2 is 1.75 bits per heavy atom. The molecule has 0 bridgehead atoms. The average molecular weight is 549 g/mol. The minimum absolute atomic E-state index is 0.0422. The van der Waals surface area contributed by atoms with E-state index in [1.807, 2.05) is 60.7 Å². The van der Waals surface area contributed by atoms with Crippen molar-refractivity contribution in [3.05, 3.63) is 99.5 Å². The third-order valence-corrected chi connectivity index (χ3v) is 7.46. The molecule has 1 aliphatic carbocycles. The number of aliphatic hydroxyl groups is 1. The number of aliphatic imine (C=N–C) groups is 1. The highest BCUT2D eigenvalue weighted by molar-refractivity contribution is 9.10. The molecule has 7 heteroatoms. The van der Waals surface area contributed by atoms with Crippen molar-refractivity contribution >= 4 is 27.7 Å². The molecule has 0 saturated carbocycles. The first-order valence-electron chi connectivity index (χ1n) is 12.2. The second-order valence-electron chi connectivity index (χ2n) is 9.30. The molecule has 186 valence electrons. The number of hydrogen-bond acceptors (Lipinski definition) is 5. The van der Waals surface area contributed by atoms with Gasteiger partial charge in [0.05, 0.1) is 6.61 Å². The first-order chi connectivity index (χ1) is 17.6. The minimum atomic E-state index is -1.07. The third kappa shape index (κ3) is 5.32. The molecular weight excluding hydrogens is 520 g/mol. The summed E-state index contributed by atoms with van der Waals surface area (Å²) in [6.45, 7) is 0.717. The Morgan fingerprint density at radius 3 is 2.44 bits per heavy atom. The lowest BCUT2D eigenvalue weighted by Gasteiger charge is -2.26. The van der Waals surface area contributed by atoms with Gasteiger partial charge in [-0.25, -0.2) is 4.99 Å². The predicted molar refractivity (Wildman–Crippen MR) is 142 cm³/mol. The van der Waals surface area contributed by atoms with E-state index in [2.05, 4.69) is 33.4 Å². The second kappa shape index (κ2) is 10.8. The molecule has 0 spiro atoms. The molecule has 0 radical (unpaired) electrons. The summed E-state index contributed by atoms with van der Waals surface area (Å²) in [4.78, 5) is 18.7. The summed E-state index contributed by atoms with van der Waals surface area (Å²) in [5.41, 5.74) is 3.30. The third-order valence-electron chi connectivity index (χ3n) is 6.69. The number of hydrogen-bond donors (Lipinski definition) is 2. The van der Waals surface area contributed by atoms with Gasteiger partial charge in [-0.2, -0.15) is 0 Å². The number of amides is 1. The molecule has 0 fully saturated rings. The zero-order valence-electron chi connectivity index (χ0n) is 20.0. The summed E-state index contributed by atoms with van der Waals surface area (Å²) in [5.74, 6) is 1.05. The molecule has 2 aliphatic rings. The van der Waals surface area contributed by atoms with E-state index < -0.39 is 5.54 Å². The van der Waals surface area contributed by atoms with Crippen molar-refractivity contribution in [3.63, 3.8) is 0 Å². The van der Waals surface area contributed by atoms with Crippen LogP contribution < -0.4 is 10.1 Å². The van der Waals surface area contributed by atoms with Gasteiger partial charge in [-0.1, -0.05) is 58.4 Å². The topological polar surface area (TPSA) is 80.2 Å². The van der Waals surface area contributed by atoms with Crippen LogP contribution in [0, 0.1) is 0 Å². The molecule has 36 heavy (non-hydrogen) atoms. The fraction of sp³-hybridized carbons (Fsp3) is 0.310. The van der Waals surface area contributed by atoms with Crippen molar-refractivity contribution in [2.45, 2.75) is 37.3 Å². The SMILES string of the molecule is O=C(NC1Cc2ccccc2C1)[C@@]1(Cc2ccccc2Br)COC(c2ccc(OCCCO)cc2)=N1. The number of nitrogens with zero attached hydrogens (tertiary/aromatic N) is 1. The molecule has 0 aromatic heterocycles. The number of ether oxygens (including phenoxy) is 2. The maximum Gasteiger partial charge on any atom is 0.252 e. The van der Waals surface area contributed by atoms with Crippen LogP contribution in [0.3, 0.4) is 0 Å². The Hall–Kier alpha value is -3.16. The van der Waals surface area contributed by atoms with Crippen molar-refractivity contribution in [2.75, 3.05) is 19.8 Å². The quantitative estimate of drug-likeness (QED) is 0.392. The minimum Gasteiger partial charge on any atom is -0.494 e. The fourth-order valence-electron chi connectivity index (χ4n) is 4.77. The first-order valence-corrected chi connectivity index (χ1v) is 13.0. The van der Waals surface area contributed by atoms with Gasteiger partial charge in [0.1, 0.15) is 12.4 Å². The lowest BCUT2D eigenvalue weighted by Crippen LogP contribution is -2.51. The van der Waals surface area contributed by atoms with Crippen LogP contribution in [-0.4, -0.2) is 48.3 Å². The van der Waals surface area contributed by atoms with Crippen LogP contribution in [0.4, 0.5) is 0 Å². The van der Waals surface area contributed by atoms with Crippen LogP contribution in [0.2, 0.25) is 0 Å². The van der Waals surface area contributed by atoms with Gasteiger partial charge in [-0.3, -0.25) is 4.79 Å². The summed E-state index contributed by atoms with van der Waals surface area (Å²) in [6, 6.07) is 23.8. The van der Waals surface area contributed by atoms with E-state index >= 15 is 0 Å².